The van der Waals surface area contributed by atoms with Gasteiger partial charge in [0.2, 0.25) is 5.91 Å². The van der Waals surface area contributed by atoms with Crippen LogP contribution in [-0.2, 0) is 4.79 Å². The molecular weight excluding hydrogens is 364 g/mol. The topological polar surface area (TPSA) is 67.9 Å². The summed E-state index contributed by atoms with van der Waals surface area (Å²) in [6.45, 7) is 3.17. The molecule has 7 heteroatoms. The van der Waals surface area contributed by atoms with Crippen LogP contribution >= 0.6 is 11.3 Å². The second-order valence-electron chi connectivity index (χ2n) is 6.62. The lowest BCUT2D eigenvalue weighted by atomic mass is 10.1. The molecule has 142 valence electrons. The third kappa shape index (κ3) is 4.08. The molecule has 1 N–H and O–H groups in total. The summed E-state index contributed by atoms with van der Waals surface area (Å²) >= 11 is 1.43. The smallest absolute Gasteiger partial charge is 0.261 e. The summed E-state index contributed by atoms with van der Waals surface area (Å²) < 4.78 is 11.2. The lowest BCUT2D eigenvalue weighted by Gasteiger charge is -2.18. The van der Waals surface area contributed by atoms with E-state index in [-0.39, 0.29) is 11.8 Å². The predicted octanol–water partition coefficient (Wildman–Crippen LogP) is 2.93. The molecular formula is C20H22N2O4S. The molecule has 1 saturated heterocycles. The van der Waals surface area contributed by atoms with Gasteiger partial charge in [-0.05, 0) is 48.7 Å². The highest BCUT2D eigenvalue weighted by Crippen LogP contribution is 2.36. The number of thiophene rings is 1. The molecule has 0 unspecified atom stereocenters. The number of fused-ring (bicyclic) bond motifs is 1. The standard InChI is InChI=1S/C20H22N2O4S/c23-19(22-9-1-2-10-22)7-8-21-20(24)18-6-5-17(27-18)14-3-4-15-16(13-14)26-12-11-25-15/h3-6,13H,1-2,7-12H2,(H,21,24). The Kier molecular flexibility index (Phi) is 5.29. The normalized spacial score (nSPS) is 15.6. The molecule has 2 aliphatic rings. The molecule has 0 radical (unpaired) electrons. The molecule has 1 fully saturated rings. The summed E-state index contributed by atoms with van der Waals surface area (Å²) in [6.07, 6.45) is 2.51. The molecule has 27 heavy (non-hydrogen) atoms. The molecule has 2 aliphatic heterocycles. The number of ether oxygens (including phenoxy) is 2. The van der Waals surface area contributed by atoms with Crippen molar-refractivity contribution in [3.8, 4) is 21.9 Å². The van der Waals surface area contributed by atoms with Gasteiger partial charge in [0.15, 0.2) is 11.5 Å². The van der Waals surface area contributed by atoms with E-state index in [4.69, 9.17) is 9.47 Å². The highest BCUT2D eigenvalue weighted by Gasteiger charge is 2.18. The second-order valence-corrected chi connectivity index (χ2v) is 7.70. The maximum atomic E-state index is 12.4. The average molecular weight is 386 g/mol. The molecule has 0 atom stereocenters. The molecule has 2 amide bonds. The summed E-state index contributed by atoms with van der Waals surface area (Å²) in [6, 6.07) is 9.55. The van der Waals surface area contributed by atoms with Crippen LogP contribution < -0.4 is 14.8 Å². The Labute approximate surface area is 162 Å². The van der Waals surface area contributed by atoms with Gasteiger partial charge in [0.1, 0.15) is 13.2 Å². The maximum absolute atomic E-state index is 12.4. The molecule has 1 aromatic heterocycles. The molecule has 6 nitrogen and oxygen atoms in total. The van der Waals surface area contributed by atoms with Gasteiger partial charge >= 0.3 is 0 Å². The number of amides is 2. The van der Waals surface area contributed by atoms with Crippen molar-refractivity contribution in [1.82, 2.24) is 10.2 Å². The highest BCUT2D eigenvalue weighted by atomic mass is 32.1. The second kappa shape index (κ2) is 8.00. The summed E-state index contributed by atoms with van der Waals surface area (Å²) in [5.74, 6) is 1.47. The first-order valence-corrected chi connectivity index (χ1v) is 10.1. The Morgan fingerprint density at radius 1 is 1.04 bits per heavy atom. The molecule has 4 rings (SSSR count). The van der Waals surface area contributed by atoms with Crippen LogP contribution in [0.5, 0.6) is 11.5 Å². The van der Waals surface area contributed by atoms with E-state index >= 15 is 0 Å². The van der Waals surface area contributed by atoms with Gasteiger partial charge in [0.05, 0.1) is 4.88 Å². The number of nitrogens with zero attached hydrogens (tertiary/aromatic N) is 1. The van der Waals surface area contributed by atoms with Gasteiger partial charge in [-0.25, -0.2) is 0 Å². The van der Waals surface area contributed by atoms with E-state index in [2.05, 4.69) is 5.32 Å². The number of carbonyl (C=O) groups excluding carboxylic acids is 2. The molecule has 2 aromatic rings. The third-order valence-electron chi connectivity index (χ3n) is 4.74. The van der Waals surface area contributed by atoms with E-state index in [1.165, 1.54) is 11.3 Å². The van der Waals surface area contributed by atoms with Crippen LogP contribution in [0.3, 0.4) is 0 Å². The number of likely N-dealkylation sites (tertiary alicyclic amines) is 1. The SMILES string of the molecule is O=C(NCCC(=O)N1CCCC1)c1ccc(-c2ccc3c(c2)OCCO3)s1. The number of hydrogen-bond donors (Lipinski definition) is 1. The minimum absolute atomic E-state index is 0.121. The fourth-order valence-electron chi connectivity index (χ4n) is 3.31. The van der Waals surface area contributed by atoms with Crippen LogP contribution in [-0.4, -0.2) is 49.6 Å². The minimum Gasteiger partial charge on any atom is -0.486 e. The monoisotopic (exact) mass is 386 g/mol. The van der Waals surface area contributed by atoms with E-state index in [0.29, 0.717) is 31.1 Å². The van der Waals surface area contributed by atoms with Crippen LogP contribution in [0.15, 0.2) is 30.3 Å². The Bertz CT molecular complexity index is 842. The Hall–Kier alpha value is -2.54. The first-order chi connectivity index (χ1) is 13.2. The van der Waals surface area contributed by atoms with Gasteiger partial charge in [-0.2, -0.15) is 0 Å². The third-order valence-corrected chi connectivity index (χ3v) is 5.87. The van der Waals surface area contributed by atoms with Crippen molar-refractivity contribution in [3.05, 3.63) is 35.2 Å². The molecule has 0 aliphatic carbocycles. The maximum Gasteiger partial charge on any atom is 0.261 e. The quantitative estimate of drug-likeness (QED) is 0.858. The summed E-state index contributed by atoms with van der Waals surface area (Å²) in [7, 11) is 0. The predicted molar refractivity (Wildman–Crippen MR) is 104 cm³/mol. The Morgan fingerprint density at radius 3 is 2.63 bits per heavy atom. The van der Waals surface area contributed by atoms with Gasteiger partial charge in [-0.3, -0.25) is 9.59 Å². The van der Waals surface area contributed by atoms with Gasteiger partial charge < -0.3 is 19.7 Å². The van der Waals surface area contributed by atoms with Crippen LogP contribution in [0, 0.1) is 0 Å². The molecule has 1 aromatic carbocycles. The zero-order chi connectivity index (χ0) is 18.6. The average Bonchev–Trinajstić information content (AvgIpc) is 3.39. The fourth-order valence-corrected chi connectivity index (χ4v) is 4.23. The Morgan fingerprint density at radius 2 is 1.81 bits per heavy atom. The van der Waals surface area contributed by atoms with Crippen LogP contribution in [0.1, 0.15) is 28.9 Å². The molecule has 0 spiro atoms. The van der Waals surface area contributed by atoms with Crippen molar-refractivity contribution < 1.29 is 19.1 Å². The molecule has 0 bridgehead atoms. The number of rotatable bonds is 5. The van der Waals surface area contributed by atoms with Crippen molar-refractivity contribution in [2.45, 2.75) is 19.3 Å². The van der Waals surface area contributed by atoms with E-state index in [0.717, 1.165) is 47.9 Å². The zero-order valence-electron chi connectivity index (χ0n) is 15.0. The lowest BCUT2D eigenvalue weighted by molar-refractivity contribution is -0.129. The van der Waals surface area contributed by atoms with E-state index in [9.17, 15) is 9.59 Å². The van der Waals surface area contributed by atoms with E-state index in [1.807, 2.05) is 35.2 Å². The van der Waals surface area contributed by atoms with Gasteiger partial charge in [0.25, 0.3) is 5.91 Å². The van der Waals surface area contributed by atoms with Crippen molar-refractivity contribution in [3.63, 3.8) is 0 Å². The lowest BCUT2D eigenvalue weighted by Crippen LogP contribution is -2.32. The number of benzene rings is 1. The minimum atomic E-state index is -0.141. The molecule has 3 heterocycles. The zero-order valence-corrected chi connectivity index (χ0v) is 15.8. The molecule has 0 saturated carbocycles. The van der Waals surface area contributed by atoms with Gasteiger partial charge in [-0.15, -0.1) is 11.3 Å². The van der Waals surface area contributed by atoms with Crippen molar-refractivity contribution >= 4 is 23.2 Å². The largest absolute Gasteiger partial charge is 0.486 e. The highest BCUT2D eigenvalue weighted by molar-refractivity contribution is 7.17. The van der Waals surface area contributed by atoms with Crippen LogP contribution in [0.4, 0.5) is 0 Å². The fraction of sp³-hybridized carbons (Fsp3) is 0.400. The number of carbonyl (C=O) groups is 2. The van der Waals surface area contributed by atoms with Crippen molar-refractivity contribution in [2.75, 3.05) is 32.8 Å². The number of hydrogen-bond acceptors (Lipinski definition) is 5. The first kappa shape index (κ1) is 17.9. The first-order valence-electron chi connectivity index (χ1n) is 9.26. The van der Waals surface area contributed by atoms with Gasteiger partial charge in [0, 0.05) is 30.9 Å². The number of nitrogens with one attached hydrogen (secondary N) is 1. The summed E-state index contributed by atoms with van der Waals surface area (Å²) in [5, 5.41) is 2.85. The summed E-state index contributed by atoms with van der Waals surface area (Å²) in [5.41, 5.74) is 0.993. The van der Waals surface area contributed by atoms with Crippen LogP contribution in [0.2, 0.25) is 0 Å². The van der Waals surface area contributed by atoms with E-state index < -0.39 is 0 Å². The van der Waals surface area contributed by atoms with Crippen LogP contribution in [0.25, 0.3) is 10.4 Å². The van der Waals surface area contributed by atoms with Crippen molar-refractivity contribution in [2.24, 2.45) is 0 Å². The van der Waals surface area contributed by atoms with Crippen molar-refractivity contribution in [1.29, 1.82) is 0 Å². The van der Waals surface area contributed by atoms with Gasteiger partial charge in [-0.1, -0.05) is 0 Å². The summed E-state index contributed by atoms with van der Waals surface area (Å²) in [4.78, 5) is 27.9. The van der Waals surface area contributed by atoms with E-state index in [1.54, 1.807) is 0 Å². The Balaban J connectivity index is 1.34.